The highest BCUT2D eigenvalue weighted by Crippen LogP contribution is 2.40. The molecule has 0 aliphatic carbocycles. The van der Waals surface area contributed by atoms with Gasteiger partial charge in [0.1, 0.15) is 5.58 Å². The molecule has 3 heterocycles. The van der Waals surface area contributed by atoms with Gasteiger partial charge in [-0.05, 0) is 47.4 Å². The predicted octanol–water partition coefficient (Wildman–Crippen LogP) is 5.17. The van der Waals surface area contributed by atoms with Gasteiger partial charge in [0.05, 0.1) is 11.6 Å². The second-order valence-electron chi connectivity index (χ2n) is 8.03. The number of aromatic nitrogens is 1. The van der Waals surface area contributed by atoms with E-state index in [2.05, 4.69) is 11.9 Å². The van der Waals surface area contributed by atoms with Crippen LogP contribution in [0.3, 0.4) is 0 Å². The van der Waals surface area contributed by atoms with Crippen LogP contribution in [0.15, 0.2) is 94.9 Å². The van der Waals surface area contributed by atoms with Crippen molar-refractivity contribution in [3.8, 4) is 0 Å². The van der Waals surface area contributed by atoms with Gasteiger partial charge in [0.2, 0.25) is 5.78 Å². The summed E-state index contributed by atoms with van der Waals surface area (Å²) >= 11 is 0. The first-order valence-electron chi connectivity index (χ1n) is 10.8. The van der Waals surface area contributed by atoms with E-state index in [0.29, 0.717) is 5.58 Å². The third-order valence-electron chi connectivity index (χ3n) is 6.00. The monoisotopic (exact) mass is 438 g/mol. The molecule has 1 unspecified atom stereocenters. The largest absolute Gasteiger partial charge is 0.503 e. The van der Waals surface area contributed by atoms with Crippen molar-refractivity contribution in [3.05, 3.63) is 113 Å². The minimum atomic E-state index is -0.739. The Morgan fingerprint density at radius 3 is 2.45 bits per heavy atom. The van der Waals surface area contributed by atoms with Crippen molar-refractivity contribution in [3.63, 3.8) is 0 Å². The molecule has 5 rings (SSSR count). The Hall–Kier alpha value is -4.19. The van der Waals surface area contributed by atoms with Crippen LogP contribution in [0.25, 0.3) is 11.0 Å². The Morgan fingerprint density at radius 1 is 1.03 bits per heavy atom. The quantitative estimate of drug-likeness (QED) is 0.420. The minimum Gasteiger partial charge on any atom is -0.503 e. The summed E-state index contributed by atoms with van der Waals surface area (Å²) in [7, 11) is 0. The number of aliphatic hydroxyl groups excluding tert-OH is 1. The summed E-state index contributed by atoms with van der Waals surface area (Å²) in [6.45, 7) is 2.29. The fraction of sp³-hybridized carbons (Fsp3) is 0.148. The first-order chi connectivity index (χ1) is 16.1. The predicted molar refractivity (Wildman–Crippen MR) is 124 cm³/mol. The van der Waals surface area contributed by atoms with Crippen LogP contribution in [0.1, 0.15) is 40.2 Å². The SMILES string of the molecule is CCc1ccc(C2C(C(=O)c3cc4ccccc4o3)=C(O)C(=O)N2Cc2ccncc2)cc1. The lowest BCUT2D eigenvalue weighted by Crippen LogP contribution is -2.30. The fourth-order valence-corrected chi connectivity index (χ4v) is 4.24. The number of aryl methyl sites for hydroxylation is 1. The summed E-state index contributed by atoms with van der Waals surface area (Å²) in [4.78, 5) is 32.3. The summed E-state index contributed by atoms with van der Waals surface area (Å²) in [6, 6.07) is 19.6. The zero-order valence-corrected chi connectivity index (χ0v) is 18.1. The maximum absolute atomic E-state index is 13.6. The number of carbonyl (C=O) groups is 2. The first kappa shape index (κ1) is 20.7. The molecule has 33 heavy (non-hydrogen) atoms. The molecule has 0 saturated carbocycles. The van der Waals surface area contributed by atoms with Crippen molar-refractivity contribution < 1.29 is 19.1 Å². The van der Waals surface area contributed by atoms with E-state index in [-0.39, 0.29) is 17.9 Å². The average Bonchev–Trinajstić information content (AvgIpc) is 3.39. The van der Waals surface area contributed by atoms with E-state index in [1.807, 2.05) is 42.5 Å². The van der Waals surface area contributed by atoms with Crippen LogP contribution in [-0.2, 0) is 17.8 Å². The maximum Gasteiger partial charge on any atom is 0.290 e. The third kappa shape index (κ3) is 3.69. The third-order valence-corrected chi connectivity index (χ3v) is 6.00. The summed E-state index contributed by atoms with van der Waals surface area (Å²) in [6.07, 6.45) is 4.17. The van der Waals surface area contributed by atoms with Gasteiger partial charge >= 0.3 is 0 Å². The number of ketones is 1. The molecular formula is C27H22N2O4. The van der Waals surface area contributed by atoms with E-state index in [0.717, 1.165) is 28.5 Å². The Bertz CT molecular complexity index is 1340. The van der Waals surface area contributed by atoms with E-state index >= 15 is 0 Å². The molecule has 1 aliphatic heterocycles. The van der Waals surface area contributed by atoms with Crippen LogP contribution < -0.4 is 0 Å². The van der Waals surface area contributed by atoms with Gasteiger partial charge in [0.25, 0.3) is 5.91 Å². The van der Waals surface area contributed by atoms with Crippen molar-refractivity contribution in [1.29, 1.82) is 0 Å². The van der Waals surface area contributed by atoms with E-state index in [1.54, 1.807) is 36.7 Å². The Kier molecular flexibility index (Phi) is 5.26. The molecule has 4 aromatic rings. The number of aliphatic hydroxyl groups is 1. The zero-order chi connectivity index (χ0) is 22.9. The number of pyridine rings is 1. The molecule has 0 saturated heterocycles. The molecule has 0 spiro atoms. The highest BCUT2D eigenvalue weighted by Gasteiger charge is 2.44. The van der Waals surface area contributed by atoms with Crippen molar-refractivity contribution in [2.24, 2.45) is 0 Å². The van der Waals surface area contributed by atoms with Gasteiger partial charge in [-0.15, -0.1) is 0 Å². The minimum absolute atomic E-state index is 0.0253. The van der Waals surface area contributed by atoms with Gasteiger partial charge < -0.3 is 14.4 Å². The number of carbonyl (C=O) groups excluding carboxylic acids is 2. The van der Waals surface area contributed by atoms with Gasteiger partial charge in [-0.2, -0.15) is 0 Å². The van der Waals surface area contributed by atoms with Crippen molar-refractivity contribution in [2.75, 3.05) is 0 Å². The van der Waals surface area contributed by atoms with Gasteiger partial charge in [0, 0.05) is 24.3 Å². The molecular weight excluding hydrogens is 416 g/mol. The molecule has 0 bridgehead atoms. The van der Waals surface area contributed by atoms with Crippen LogP contribution in [-0.4, -0.2) is 26.7 Å². The molecule has 2 aromatic heterocycles. The molecule has 0 fully saturated rings. The summed E-state index contributed by atoms with van der Waals surface area (Å²) in [5.41, 5.74) is 3.33. The number of fused-ring (bicyclic) bond motifs is 1. The van der Waals surface area contributed by atoms with Gasteiger partial charge in [0.15, 0.2) is 11.5 Å². The lowest BCUT2D eigenvalue weighted by molar-refractivity contribution is -0.130. The second kappa shape index (κ2) is 8.39. The zero-order valence-electron chi connectivity index (χ0n) is 18.1. The van der Waals surface area contributed by atoms with Crippen molar-refractivity contribution in [2.45, 2.75) is 25.9 Å². The second-order valence-corrected chi connectivity index (χ2v) is 8.03. The van der Waals surface area contributed by atoms with Crippen molar-refractivity contribution >= 4 is 22.7 Å². The Morgan fingerprint density at radius 2 is 1.76 bits per heavy atom. The smallest absolute Gasteiger partial charge is 0.290 e. The highest BCUT2D eigenvalue weighted by molar-refractivity contribution is 6.16. The normalized spacial score (nSPS) is 16.1. The molecule has 1 N–H and O–H groups in total. The van der Waals surface area contributed by atoms with Gasteiger partial charge in [-0.25, -0.2) is 0 Å². The van der Waals surface area contributed by atoms with Crippen LogP contribution in [0.5, 0.6) is 0 Å². The van der Waals surface area contributed by atoms with Crippen LogP contribution in [0.4, 0.5) is 0 Å². The molecule has 164 valence electrons. The van der Waals surface area contributed by atoms with Gasteiger partial charge in [-0.1, -0.05) is 49.4 Å². The number of amides is 1. The molecule has 1 atom stereocenters. The molecule has 0 radical (unpaired) electrons. The summed E-state index contributed by atoms with van der Waals surface area (Å²) in [5.74, 6) is -1.54. The van der Waals surface area contributed by atoms with E-state index in [9.17, 15) is 14.7 Å². The number of hydrogen-bond donors (Lipinski definition) is 1. The Labute approximate surface area is 190 Å². The van der Waals surface area contributed by atoms with Crippen molar-refractivity contribution in [1.82, 2.24) is 9.88 Å². The average molecular weight is 438 g/mol. The fourth-order valence-electron chi connectivity index (χ4n) is 4.24. The Balaban J connectivity index is 1.59. The highest BCUT2D eigenvalue weighted by atomic mass is 16.3. The number of furan rings is 1. The molecule has 6 nitrogen and oxygen atoms in total. The number of para-hydroxylation sites is 1. The number of benzene rings is 2. The number of Topliss-reactive ketones (excluding diaryl/α,β-unsaturated/α-hetero) is 1. The summed E-state index contributed by atoms with van der Waals surface area (Å²) in [5, 5.41) is 11.6. The van der Waals surface area contributed by atoms with Crippen LogP contribution in [0, 0.1) is 0 Å². The first-order valence-corrected chi connectivity index (χ1v) is 10.8. The van der Waals surface area contributed by atoms with Crippen LogP contribution >= 0.6 is 0 Å². The van der Waals surface area contributed by atoms with E-state index in [1.165, 1.54) is 4.90 Å². The standard InChI is InChI=1S/C27H22N2O4/c1-2-17-7-9-19(10-8-17)24-23(25(30)22-15-20-5-3-4-6-21(20)33-22)26(31)27(32)29(24)16-18-11-13-28-14-12-18/h3-15,24,31H,2,16H2,1H3. The molecule has 1 amide bonds. The lowest BCUT2D eigenvalue weighted by atomic mass is 9.94. The van der Waals surface area contributed by atoms with Crippen LogP contribution in [0.2, 0.25) is 0 Å². The maximum atomic E-state index is 13.6. The molecule has 1 aliphatic rings. The molecule has 6 heteroatoms. The van der Waals surface area contributed by atoms with E-state index < -0.39 is 23.5 Å². The number of nitrogens with zero attached hydrogens (tertiary/aromatic N) is 2. The van der Waals surface area contributed by atoms with Gasteiger partial charge in [-0.3, -0.25) is 14.6 Å². The van der Waals surface area contributed by atoms with E-state index in [4.69, 9.17) is 4.42 Å². The lowest BCUT2D eigenvalue weighted by Gasteiger charge is -2.27. The number of hydrogen-bond acceptors (Lipinski definition) is 5. The number of rotatable bonds is 6. The summed E-state index contributed by atoms with van der Waals surface area (Å²) < 4.78 is 5.77. The topological polar surface area (TPSA) is 83.6 Å². The molecule has 2 aromatic carbocycles.